The molecule has 1 aromatic carbocycles. The van der Waals surface area contributed by atoms with Gasteiger partial charge in [0.25, 0.3) is 0 Å². The Balaban J connectivity index is 1.90. The van der Waals surface area contributed by atoms with Crippen LogP contribution in [-0.2, 0) is 9.59 Å². The van der Waals surface area contributed by atoms with Crippen molar-refractivity contribution < 1.29 is 14.3 Å². The molecule has 1 aliphatic rings. The van der Waals surface area contributed by atoms with Gasteiger partial charge in [-0.3, -0.25) is 9.59 Å². The highest BCUT2D eigenvalue weighted by molar-refractivity contribution is 5.84. The van der Waals surface area contributed by atoms with Crippen LogP contribution in [0, 0.1) is 5.92 Å². The van der Waals surface area contributed by atoms with Crippen LogP contribution in [-0.4, -0.2) is 68.0 Å². The van der Waals surface area contributed by atoms with Gasteiger partial charge in [-0.15, -0.1) is 0 Å². The molecule has 0 bridgehead atoms. The third-order valence-electron chi connectivity index (χ3n) is 4.81. The predicted octanol–water partition coefficient (Wildman–Crippen LogP) is 2.24. The van der Waals surface area contributed by atoms with Crippen molar-refractivity contribution in [3.63, 3.8) is 0 Å². The molecule has 0 aliphatic carbocycles. The van der Waals surface area contributed by atoms with Crippen LogP contribution in [0.1, 0.15) is 27.2 Å². The van der Waals surface area contributed by atoms with Gasteiger partial charge in [0.15, 0.2) is 0 Å². The summed E-state index contributed by atoms with van der Waals surface area (Å²) in [4.78, 5) is 30.2. The van der Waals surface area contributed by atoms with Crippen LogP contribution in [0.3, 0.4) is 0 Å². The fourth-order valence-corrected chi connectivity index (χ4v) is 3.11. The summed E-state index contributed by atoms with van der Waals surface area (Å²) in [5.41, 5.74) is 1.06. The summed E-state index contributed by atoms with van der Waals surface area (Å²) < 4.78 is 5.43. The first-order valence-electron chi connectivity index (χ1n) is 9.33. The van der Waals surface area contributed by atoms with E-state index >= 15 is 0 Å². The number of methoxy groups -OCH3 is 1. The molecule has 0 radical (unpaired) electrons. The van der Waals surface area contributed by atoms with E-state index in [4.69, 9.17) is 4.74 Å². The molecule has 1 heterocycles. The van der Waals surface area contributed by atoms with Gasteiger partial charge in [0.05, 0.1) is 19.3 Å². The Bertz CT molecular complexity index is 610. The Hall–Kier alpha value is -2.24. The Morgan fingerprint density at radius 3 is 2.38 bits per heavy atom. The van der Waals surface area contributed by atoms with Crippen LogP contribution < -0.4 is 9.64 Å². The molecule has 0 N–H and O–H groups in total. The van der Waals surface area contributed by atoms with Crippen molar-refractivity contribution in [2.75, 3.05) is 51.3 Å². The fourth-order valence-electron chi connectivity index (χ4n) is 3.11. The second kappa shape index (κ2) is 9.46. The average molecular weight is 361 g/mol. The van der Waals surface area contributed by atoms with Gasteiger partial charge in [0, 0.05) is 39.6 Å². The van der Waals surface area contributed by atoms with Gasteiger partial charge in [-0.25, -0.2) is 0 Å². The number of rotatable bonds is 7. The van der Waals surface area contributed by atoms with E-state index in [1.807, 2.05) is 29.2 Å². The molecule has 144 valence electrons. The zero-order valence-corrected chi connectivity index (χ0v) is 16.4. The summed E-state index contributed by atoms with van der Waals surface area (Å²) >= 11 is 0. The monoisotopic (exact) mass is 361 g/mol. The molecule has 6 nitrogen and oxygen atoms in total. The highest BCUT2D eigenvalue weighted by atomic mass is 16.5. The highest BCUT2D eigenvalue weighted by Gasteiger charge is 2.24. The molecular weight excluding hydrogens is 330 g/mol. The standard InChI is InChI=1S/C20H31N3O3/c1-16(2)9-10-23(17(3)24)15-20(25)22-13-11-21(12-14-22)18-7-5-6-8-19(18)26-4/h5-8,16H,9-15H2,1-4H3. The summed E-state index contributed by atoms with van der Waals surface area (Å²) in [6, 6.07) is 7.94. The normalized spacial score (nSPS) is 14.5. The van der Waals surface area contributed by atoms with E-state index in [0.717, 1.165) is 30.9 Å². The summed E-state index contributed by atoms with van der Waals surface area (Å²) in [7, 11) is 1.67. The number of anilines is 1. The molecule has 2 rings (SSSR count). The summed E-state index contributed by atoms with van der Waals surface area (Å²) in [5, 5.41) is 0. The molecule has 1 fully saturated rings. The average Bonchev–Trinajstić information content (AvgIpc) is 2.64. The molecule has 1 aliphatic heterocycles. The lowest BCUT2D eigenvalue weighted by Gasteiger charge is -2.37. The van der Waals surface area contributed by atoms with Crippen LogP contribution in [0.15, 0.2) is 24.3 Å². The molecule has 1 saturated heterocycles. The van der Waals surface area contributed by atoms with E-state index in [1.165, 1.54) is 6.92 Å². The third kappa shape index (κ3) is 5.38. The quantitative estimate of drug-likeness (QED) is 0.747. The number of para-hydroxylation sites is 2. The molecule has 0 unspecified atom stereocenters. The number of benzene rings is 1. The molecule has 26 heavy (non-hydrogen) atoms. The van der Waals surface area contributed by atoms with Crippen LogP contribution >= 0.6 is 0 Å². The first-order chi connectivity index (χ1) is 12.4. The second-order valence-corrected chi connectivity index (χ2v) is 7.16. The minimum atomic E-state index is -0.0355. The van der Waals surface area contributed by atoms with Crippen molar-refractivity contribution >= 4 is 17.5 Å². The van der Waals surface area contributed by atoms with E-state index in [1.54, 1.807) is 12.0 Å². The number of nitrogens with zero attached hydrogens (tertiary/aromatic N) is 3. The van der Waals surface area contributed by atoms with E-state index in [9.17, 15) is 9.59 Å². The number of ether oxygens (including phenoxy) is 1. The minimum absolute atomic E-state index is 0.0311. The number of piperazine rings is 1. The second-order valence-electron chi connectivity index (χ2n) is 7.16. The van der Waals surface area contributed by atoms with Gasteiger partial charge in [-0.05, 0) is 24.5 Å². The summed E-state index contributed by atoms with van der Waals surface area (Å²) in [6.45, 7) is 9.44. The van der Waals surface area contributed by atoms with Crippen molar-refractivity contribution in [1.29, 1.82) is 0 Å². The van der Waals surface area contributed by atoms with Crippen molar-refractivity contribution in [1.82, 2.24) is 9.80 Å². The molecular formula is C20H31N3O3. The third-order valence-corrected chi connectivity index (χ3v) is 4.81. The molecule has 1 aromatic rings. The van der Waals surface area contributed by atoms with Crippen LogP contribution in [0.4, 0.5) is 5.69 Å². The molecule has 0 atom stereocenters. The van der Waals surface area contributed by atoms with E-state index in [0.29, 0.717) is 25.6 Å². The first kappa shape index (κ1) is 20.1. The maximum Gasteiger partial charge on any atom is 0.242 e. The zero-order chi connectivity index (χ0) is 19.1. The smallest absolute Gasteiger partial charge is 0.242 e. The summed E-state index contributed by atoms with van der Waals surface area (Å²) in [5.74, 6) is 1.36. The topological polar surface area (TPSA) is 53.1 Å². The number of carbonyl (C=O) groups excluding carboxylic acids is 2. The van der Waals surface area contributed by atoms with Gasteiger partial charge < -0.3 is 19.4 Å². The lowest BCUT2D eigenvalue weighted by Crippen LogP contribution is -2.52. The van der Waals surface area contributed by atoms with Crippen molar-refractivity contribution in [2.45, 2.75) is 27.2 Å². The maximum absolute atomic E-state index is 12.6. The molecule has 2 amide bonds. The lowest BCUT2D eigenvalue weighted by molar-refractivity contribution is -0.139. The van der Waals surface area contributed by atoms with E-state index in [-0.39, 0.29) is 18.4 Å². The predicted molar refractivity (Wildman–Crippen MR) is 103 cm³/mol. The van der Waals surface area contributed by atoms with Crippen LogP contribution in [0.5, 0.6) is 5.75 Å². The van der Waals surface area contributed by atoms with E-state index in [2.05, 4.69) is 18.7 Å². The minimum Gasteiger partial charge on any atom is -0.495 e. The van der Waals surface area contributed by atoms with Crippen LogP contribution in [0.25, 0.3) is 0 Å². The molecule has 0 aromatic heterocycles. The van der Waals surface area contributed by atoms with Gasteiger partial charge in [-0.2, -0.15) is 0 Å². The SMILES string of the molecule is COc1ccccc1N1CCN(C(=O)CN(CCC(C)C)C(C)=O)CC1. The molecule has 0 saturated carbocycles. The van der Waals surface area contributed by atoms with Gasteiger partial charge in [-0.1, -0.05) is 26.0 Å². The fraction of sp³-hybridized carbons (Fsp3) is 0.600. The Labute approximate surface area is 156 Å². The Kier molecular flexibility index (Phi) is 7.30. The molecule has 6 heteroatoms. The Morgan fingerprint density at radius 1 is 1.15 bits per heavy atom. The summed E-state index contributed by atoms with van der Waals surface area (Å²) in [6.07, 6.45) is 0.911. The number of amides is 2. The number of carbonyl (C=O) groups is 2. The van der Waals surface area contributed by atoms with Gasteiger partial charge in [0.1, 0.15) is 5.75 Å². The number of hydrogen-bond donors (Lipinski definition) is 0. The lowest BCUT2D eigenvalue weighted by atomic mass is 10.1. The zero-order valence-electron chi connectivity index (χ0n) is 16.4. The molecule has 0 spiro atoms. The highest BCUT2D eigenvalue weighted by Crippen LogP contribution is 2.28. The Morgan fingerprint density at radius 2 is 1.81 bits per heavy atom. The number of hydrogen-bond acceptors (Lipinski definition) is 4. The van der Waals surface area contributed by atoms with Gasteiger partial charge >= 0.3 is 0 Å². The van der Waals surface area contributed by atoms with E-state index < -0.39 is 0 Å². The van der Waals surface area contributed by atoms with Crippen molar-refractivity contribution in [3.8, 4) is 5.75 Å². The van der Waals surface area contributed by atoms with Crippen molar-refractivity contribution in [3.05, 3.63) is 24.3 Å². The van der Waals surface area contributed by atoms with Gasteiger partial charge in [0.2, 0.25) is 11.8 Å². The maximum atomic E-state index is 12.6. The van der Waals surface area contributed by atoms with Crippen LogP contribution in [0.2, 0.25) is 0 Å². The van der Waals surface area contributed by atoms with Crippen molar-refractivity contribution in [2.24, 2.45) is 5.92 Å². The largest absolute Gasteiger partial charge is 0.495 e. The first-order valence-corrected chi connectivity index (χ1v) is 9.33.